The lowest BCUT2D eigenvalue weighted by Gasteiger charge is -2.21. The Bertz CT molecular complexity index is 1640. The lowest BCUT2D eigenvalue weighted by molar-refractivity contribution is -0.125. The molecule has 2 aromatic heterocycles. The van der Waals surface area contributed by atoms with Crippen molar-refractivity contribution < 1.29 is 38.2 Å². The maximum atomic E-state index is 14.8. The van der Waals surface area contributed by atoms with Crippen LogP contribution < -0.4 is 43.0 Å². The molecule has 0 aromatic carbocycles. The number of carbonyl (C=O) groups excluding carboxylic acids is 2. The van der Waals surface area contributed by atoms with Crippen LogP contribution in [0, 0.1) is 35.3 Å². The Kier molecular flexibility index (Phi) is 18.0. The van der Waals surface area contributed by atoms with E-state index in [0.717, 1.165) is 103 Å². The van der Waals surface area contributed by atoms with E-state index in [9.17, 15) is 28.0 Å². The summed E-state index contributed by atoms with van der Waals surface area (Å²) >= 11 is 11.9. The Morgan fingerprint density at radius 2 is 0.867 bits per heavy atom. The molecule has 2 atom stereocenters. The van der Waals surface area contributed by atoms with E-state index in [1.807, 2.05) is 0 Å². The molecule has 4 saturated carbocycles. The highest BCUT2D eigenvalue weighted by molar-refractivity contribution is 6.28. The van der Waals surface area contributed by atoms with Crippen molar-refractivity contribution in [3.63, 3.8) is 0 Å². The summed E-state index contributed by atoms with van der Waals surface area (Å²) in [6.07, 6.45) is 15.3. The third kappa shape index (κ3) is 14.8. The normalized spacial score (nSPS) is 18.2. The van der Waals surface area contributed by atoms with Crippen LogP contribution in [-0.2, 0) is 9.59 Å². The van der Waals surface area contributed by atoms with Gasteiger partial charge in [-0.05, 0) is 73.6 Å². The number of halogens is 4. The summed E-state index contributed by atoms with van der Waals surface area (Å²) in [5, 5.41) is 28.1. The molecule has 4 fully saturated rings. The minimum absolute atomic E-state index is 0.00583. The number of aromatic nitrogens is 4. The number of anilines is 4. The smallest absolute Gasteiger partial charge is 0.404 e. The molecule has 22 heteroatoms. The van der Waals surface area contributed by atoms with Gasteiger partial charge in [0, 0.05) is 25.2 Å². The Morgan fingerprint density at radius 1 is 0.550 bits per heavy atom. The SMILES string of the molecule is O=C(O)NC[C@@H](CC1CCCC1)C(=O)NNc1nc(Cl)nc(NC2CCCC2)c1F.O=C(O)NC[C@@H](CC1CCCC1)C(=O)NNc1nc(Cl)nc(NC2CCCC2)c1F. The quantitative estimate of drug-likeness (QED) is 0.0531. The number of nitrogens with one attached hydrogen (secondary N) is 8. The van der Waals surface area contributed by atoms with Crippen molar-refractivity contribution in [2.75, 3.05) is 34.6 Å². The van der Waals surface area contributed by atoms with Crippen molar-refractivity contribution >= 4 is 70.5 Å². The average Bonchev–Trinajstić information content (AvgIpc) is 4.07. The Morgan fingerprint density at radius 3 is 1.20 bits per heavy atom. The largest absolute Gasteiger partial charge is 0.465 e. The molecule has 332 valence electrons. The van der Waals surface area contributed by atoms with Crippen LogP contribution >= 0.6 is 23.2 Å². The number of rotatable bonds is 18. The van der Waals surface area contributed by atoms with Gasteiger partial charge in [-0.25, -0.2) is 9.59 Å². The number of hydrogen-bond donors (Lipinski definition) is 10. The topological polar surface area (TPSA) is 257 Å². The van der Waals surface area contributed by atoms with Crippen molar-refractivity contribution in [1.82, 2.24) is 41.4 Å². The van der Waals surface area contributed by atoms with Gasteiger partial charge in [-0.15, -0.1) is 0 Å². The highest BCUT2D eigenvalue weighted by atomic mass is 35.5. The van der Waals surface area contributed by atoms with E-state index < -0.39 is 47.5 Å². The Labute approximate surface area is 357 Å². The van der Waals surface area contributed by atoms with Gasteiger partial charge >= 0.3 is 12.2 Å². The molecule has 2 aromatic rings. The van der Waals surface area contributed by atoms with Gasteiger partial charge in [-0.3, -0.25) is 31.3 Å². The van der Waals surface area contributed by atoms with Gasteiger partial charge in [0.15, 0.2) is 23.3 Å². The van der Waals surface area contributed by atoms with E-state index in [0.29, 0.717) is 24.7 Å². The van der Waals surface area contributed by atoms with E-state index in [1.165, 1.54) is 0 Å². The monoisotopic (exact) mass is 884 g/mol. The zero-order valence-corrected chi connectivity index (χ0v) is 34.9. The molecule has 0 spiro atoms. The third-order valence-electron chi connectivity index (χ3n) is 11.6. The summed E-state index contributed by atoms with van der Waals surface area (Å²) in [4.78, 5) is 62.5. The molecule has 0 aliphatic heterocycles. The van der Waals surface area contributed by atoms with Crippen LogP contribution in [-0.4, -0.2) is 79.3 Å². The predicted octanol–water partition coefficient (Wildman–Crippen LogP) is 7.06. The molecule has 4 amide bonds. The molecular weight excluding hydrogens is 829 g/mol. The fraction of sp³-hybridized carbons (Fsp3) is 0.684. The third-order valence-corrected chi connectivity index (χ3v) is 11.9. The maximum Gasteiger partial charge on any atom is 0.404 e. The van der Waals surface area contributed by atoms with Gasteiger partial charge < -0.3 is 31.5 Å². The zero-order chi connectivity index (χ0) is 43.0. The van der Waals surface area contributed by atoms with E-state index in [1.54, 1.807) is 0 Å². The first-order chi connectivity index (χ1) is 28.8. The minimum atomic E-state index is -1.19. The lowest BCUT2D eigenvalue weighted by atomic mass is 9.92. The van der Waals surface area contributed by atoms with Gasteiger partial charge in [0.25, 0.3) is 0 Å². The summed E-state index contributed by atoms with van der Waals surface area (Å²) in [5.41, 5.74) is 9.87. The maximum absolute atomic E-state index is 14.8. The molecule has 4 aliphatic rings. The fourth-order valence-electron chi connectivity index (χ4n) is 8.45. The van der Waals surface area contributed by atoms with E-state index in [-0.39, 0.29) is 59.0 Å². The number of amides is 4. The highest BCUT2D eigenvalue weighted by Gasteiger charge is 2.29. The van der Waals surface area contributed by atoms with Gasteiger partial charge in [-0.2, -0.15) is 28.7 Å². The van der Waals surface area contributed by atoms with Gasteiger partial charge in [0.05, 0.1) is 11.8 Å². The first-order valence-corrected chi connectivity index (χ1v) is 21.6. The van der Waals surface area contributed by atoms with Crippen LogP contribution in [0.2, 0.25) is 10.6 Å². The molecule has 0 bridgehead atoms. The number of carboxylic acid groups (broad SMARTS) is 2. The molecule has 18 nitrogen and oxygen atoms in total. The van der Waals surface area contributed by atoms with Crippen molar-refractivity contribution in [3.8, 4) is 0 Å². The van der Waals surface area contributed by atoms with Crippen molar-refractivity contribution in [2.24, 2.45) is 23.7 Å². The second-order valence-electron chi connectivity index (χ2n) is 16.0. The second kappa shape index (κ2) is 23.3. The molecular formula is C38H56Cl2F2N12O6. The van der Waals surface area contributed by atoms with Crippen LogP contribution in [0.3, 0.4) is 0 Å². The molecule has 60 heavy (non-hydrogen) atoms. The van der Waals surface area contributed by atoms with Gasteiger partial charge in [0.1, 0.15) is 0 Å². The van der Waals surface area contributed by atoms with E-state index in [4.69, 9.17) is 33.4 Å². The highest BCUT2D eigenvalue weighted by Crippen LogP contribution is 2.32. The Balaban J connectivity index is 0.000000228. The summed E-state index contributed by atoms with van der Waals surface area (Å²) in [7, 11) is 0. The molecule has 0 unspecified atom stereocenters. The van der Waals surface area contributed by atoms with E-state index in [2.05, 4.69) is 62.9 Å². The first-order valence-electron chi connectivity index (χ1n) is 20.9. The number of hydrazine groups is 2. The summed E-state index contributed by atoms with van der Waals surface area (Å²) in [5.74, 6) is -3.23. The fourth-order valence-corrected chi connectivity index (χ4v) is 8.79. The van der Waals surface area contributed by atoms with Crippen LogP contribution in [0.25, 0.3) is 0 Å². The number of carbonyl (C=O) groups is 4. The van der Waals surface area contributed by atoms with Gasteiger partial charge in [-0.1, -0.05) is 77.0 Å². The van der Waals surface area contributed by atoms with Crippen LogP contribution in [0.5, 0.6) is 0 Å². The van der Waals surface area contributed by atoms with Gasteiger partial charge in [0.2, 0.25) is 34.0 Å². The van der Waals surface area contributed by atoms with Crippen LogP contribution in [0.15, 0.2) is 0 Å². The molecule has 0 radical (unpaired) electrons. The first kappa shape index (κ1) is 46.3. The molecule has 0 saturated heterocycles. The average molecular weight is 886 g/mol. The zero-order valence-electron chi connectivity index (χ0n) is 33.4. The summed E-state index contributed by atoms with van der Waals surface area (Å²) < 4.78 is 29.6. The molecule has 6 rings (SSSR count). The predicted molar refractivity (Wildman–Crippen MR) is 221 cm³/mol. The van der Waals surface area contributed by atoms with Crippen LogP contribution in [0.4, 0.5) is 41.6 Å². The van der Waals surface area contributed by atoms with Crippen molar-refractivity contribution in [1.29, 1.82) is 0 Å². The standard InChI is InChI=1S/2C19H28ClFN6O3/c2*20-18-24-15(23-13-7-3-4-8-13)14(21)16(25-18)26-27-17(28)12(10-22-19(29)30)9-11-5-1-2-6-11/h2*11-13,22H,1-10H2,(H,27,28)(H,29,30)(H2,23,24,25,26)/t2*12-/m11/s1. The molecule has 10 N–H and O–H groups in total. The summed E-state index contributed by atoms with van der Waals surface area (Å²) in [6.45, 7) is -0.0261. The number of nitrogens with zero attached hydrogens (tertiary/aromatic N) is 4. The minimum Gasteiger partial charge on any atom is -0.465 e. The number of hydrogen-bond acceptors (Lipinski definition) is 12. The van der Waals surface area contributed by atoms with E-state index >= 15 is 0 Å². The second-order valence-corrected chi connectivity index (χ2v) is 16.7. The van der Waals surface area contributed by atoms with Crippen LogP contribution in [0.1, 0.15) is 116 Å². The lowest BCUT2D eigenvalue weighted by Crippen LogP contribution is -2.41. The summed E-state index contributed by atoms with van der Waals surface area (Å²) in [6, 6.07) is 0.261. The Hall–Kier alpha value is -4.72. The van der Waals surface area contributed by atoms with Crippen molar-refractivity contribution in [2.45, 2.75) is 128 Å². The molecule has 2 heterocycles. The van der Waals surface area contributed by atoms with Crippen molar-refractivity contribution in [3.05, 3.63) is 22.2 Å². The molecule has 4 aliphatic carbocycles.